The molecule has 1 saturated heterocycles. The number of morpholine rings is 1. The Bertz CT molecular complexity index is 1270. The minimum absolute atomic E-state index is 0.0958. The van der Waals surface area contributed by atoms with Crippen LogP contribution in [0.2, 0.25) is 5.02 Å². The molecule has 2 aromatic heterocycles. The van der Waals surface area contributed by atoms with Crippen molar-refractivity contribution < 1.29 is 14.3 Å². The van der Waals surface area contributed by atoms with Gasteiger partial charge in [-0.15, -0.1) is 0 Å². The van der Waals surface area contributed by atoms with Crippen molar-refractivity contribution in [1.82, 2.24) is 19.9 Å². The summed E-state index contributed by atoms with van der Waals surface area (Å²) in [5.74, 6) is 0.442. The first-order valence-electron chi connectivity index (χ1n) is 11.1. The van der Waals surface area contributed by atoms with Gasteiger partial charge < -0.3 is 24.3 Å². The largest absolute Gasteiger partial charge is 0.478 e. The first-order chi connectivity index (χ1) is 16.2. The third kappa shape index (κ3) is 5.15. The number of aromatic nitrogens is 3. The molecule has 1 fully saturated rings. The Labute approximate surface area is 202 Å². The van der Waals surface area contributed by atoms with Gasteiger partial charge in [0.25, 0.3) is 11.5 Å². The maximum absolute atomic E-state index is 12.6. The SMILES string of the molecule is CNC(=O)COc1cc2cc(Cc3nc(N4C[C@@H](C)O[C@@H](C)C4)ncc3Cl)ccc2n(C)c1=O. The second-order valence-electron chi connectivity index (χ2n) is 8.53. The summed E-state index contributed by atoms with van der Waals surface area (Å²) in [6.07, 6.45) is 2.33. The summed E-state index contributed by atoms with van der Waals surface area (Å²) in [6.45, 7) is 5.28. The summed E-state index contributed by atoms with van der Waals surface area (Å²) >= 11 is 6.44. The van der Waals surface area contributed by atoms with E-state index in [1.165, 1.54) is 11.6 Å². The number of hydrogen-bond acceptors (Lipinski definition) is 7. The first-order valence-corrected chi connectivity index (χ1v) is 11.5. The van der Waals surface area contributed by atoms with Crippen LogP contribution in [0.15, 0.2) is 35.3 Å². The number of likely N-dealkylation sites (N-methyl/N-ethyl adjacent to an activating group) is 1. The van der Waals surface area contributed by atoms with Crippen LogP contribution in [0.25, 0.3) is 10.9 Å². The number of rotatable bonds is 6. The fourth-order valence-electron chi connectivity index (χ4n) is 4.13. The van der Waals surface area contributed by atoms with Crippen LogP contribution in [-0.4, -0.2) is 59.4 Å². The number of nitrogens with zero attached hydrogens (tertiary/aromatic N) is 4. The van der Waals surface area contributed by atoms with Gasteiger partial charge in [0, 0.05) is 39.0 Å². The maximum atomic E-state index is 12.6. The molecule has 9 nitrogen and oxygen atoms in total. The second kappa shape index (κ2) is 9.99. The molecule has 1 amide bonds. The van der Waals surface area contributed by atoms with Crippen LogP contribution in [0, 0.1) is 0 Å². The van der Waals surface area contributed by atoms with E-state index in [-0.39, 0.29) is 36.0 Å². The normalized spacial score (nSPS) is 18.2. The number of carbonyl (C=O) groups excluding carboxylic acids is 1. The molecule has 0 spiro atoms. The Hall–Kier alpha value is -3.17. The van der Waals surface area contributed by atoms with Gasteiger partial charge in [0.2, 0.25) is 5.95 Å². The zero-order valence-corrected chi connectivity index (χ0v) is 20.4. The highest BCUT2D eigenvalue weighted by Gasteiger charge is 2.24. The van der Waals surface area contributed by atoms with Gasteiger partial charge in [0.1, 0.15) is 0 Å². The molecule has 1 aliphatic rings. The highest BCUT2D eigenvalue weighted by molar-refractivity contribution is 6.31. The van der Waals surface area contributed by atoms with Crippen molar-refractivity contribution in [2.24, 2.45) is 7.05 Å². The van der Waals surface area contributed by atoms with Crippen molar-refractivity contribution in [3.8, 4) is 5.75 Å². The number of anilines is 1. The number of amides is 1. The average molecular weight is 486 g/mol. The van der Waals surface area contributed by atoms with Crippen molar-refractivity contribution >= 4 is 34.4 Å². The zero-order valence-electron chi connectivity index (χ0n) is 19.7. The lowest BCUT2D eigenvalue weighted by molar-refractivity contribution is -0.122. The quantitative estimate of drug-likeness (QED) is 0.572. The molecule has 3 aromatic rings. The number of aryl methyl sites for hydroxylation is 1. The molecule has 0 aliphatic carbocycles. The number of nitrogens with one attached hydrogen (secondary N) is 1. The molecule has 180 valence electrons. The van der Waals surface area contributed by atoms with Crippen molar-refractivity contribution in [3.05, 3.63) is 57.1 Å². The minimum Gasteiger partial charge on any atom is -0.478 e. The van der Waals surface area contributed by atoms with Gasteiger partial charge in [-0.05, 0) is 37.6 Å². The van der Waals surface area contributed by atoms with Crippen LogP contribution in [0.3, 0.4) is 0 Å². The van der Waals surface area contributed by atoms with E-state index < -0.39 is 0 Å². The summed E-state index contributed by atoms with van der Waals surface area (Å²) in [6, 6.07) is 7.46. The third-order valence-electron chi connectivity index (χ3n) is 5.77. The molecule has 1 N–H and O–H groups in total. The van der Waals surface area contributed by atoms with Crippen LogP contribution < -0.4 is 20.5 Å². The molecular formula is C24H28ClN5O4. The van der Waals surface area contributed by atoms with Gasteiger partial charge in [-0.1, -0.05) is 17.7 Å². The van der Waals surface area contributed by atoms with E-state index in [0.29, 0.717) is 30.5 Å². The monoisotopic (exact) mass is 485 g/mol. The molecule has 0 unspecified atom stereocenters. The van der Waals surface area contributed by atoms with Crippen LogP contribution in [0.1, 0.15) is 25.1 Å². The Morgan fingerprint density at radius 2 is 2.00 bits per heavy atom. The number of ether oxygens (including phenoxy) is 2. The zero-order chi connectivity index (χ0) is 24.4. The summed E-state index contributed by atoms with van der Waals surface area (Å²) < 4.78 is 12.8. The fourth-order valence-corrected chi connectivity index (χ4v) is 4.29. The van der Waals surface area contributed by atoms with Gasteiger partial charge in [0.15, 0.2) is 12.4 Å². The summed E-state index contributed by atoms with van der Waals surface area (Å²) in [7, 11) is 3.19. The predicted molar refractivity (Wildman–Crippen MR) is 131 cm³/mol. The molecule has 10 heteroatoms. The molecule has 4 rings (SSSR count). The van der Waals surface area contributed by atoms with Gasteiger partial charge in [-0.25, -0.2) is 9.97 Å². The van der Waals surface area contributed by atoms with E-state index in [2.05, 4.69) is 15.2 Å². The molecule has 3 heterocycles. The molecule has 1 aromatic carbocycles. The number of fused-ring (bicyclic) bond motifs is 1. The number of carbonyl (C=O) groups is 1. The molecule has 1 aliphatic heterocycles. The molecule has 0 bridgehead atoms. The van der Waals surface area contributed by atoms with Crippen LogP contribution in [-0.2, 0) is 23.0 Å². The number of halogens is 1. The molecule has 2 atom stereocenters. The smallest absolute Gasteiger partial charge is 0.293 e. The lowest BCUT2D eigenvalue weighted by Gasteiger charge is -2.35. The van der Waals surface area contributed by atoms with Crippen LogP contribution >= 0.6 is 11.6 Å². The van der Waals surface area contributed by atoms with Crippen molar-refractivity contribution in [3.63, 3.8) is 0 Å². The lowest BCUT2D eigenvalue weighted by Crippen LogP contribution is -2.46. The van der Waals surface area contributed by atoms with Crippen LogP contribution in [0.4, 0.5) is 5.95 Å². The Kier molecular flexibility index (Phi) is 7.04. The standard InChI is InChI=1S/C24H28ClN5O4/c1-14-11-30(12-15(2)34-14)24-27-10-18(25)19(28-24)8-16-5-6-20-17(7-16)9-21(23(32)29(20)4)33-13-22(31)26-3/h5-7,9-10,14-15H,8,11-13H2,1-4H3,(H,26,31)/t14-,15+. The van der Waals surface area contributed by atoms with E-state index in [4.69, 9.17) is 26.1 Å². The maximum Gasteiger partial charge on any atom is 0.293 e. The Morgan fingerprint density at radius 1 is 1.26 bits per heavy atom. The number of pyridine rings is 1. The van der Waals surface area contributed by atoms with Gasteiger partial charge in [0.05, 0.1) is 34.6 Å². The lowest BCUT2D eigenvalue weighted by atomic mass is 10.1. The molecule has 0 saturated carbocycles. The Balaban J connectivity index is 1.62. The van der Waals surface area contributed by atoms with E-state index in [9.17, 15) is 9.59 Å². The van der Waals surface area contributed by atoms with E-state index in [0.717, 1.165) is 22.2 Å². The van der Waals surface area contributed by atoms with E-state index in [1.54, 1.807) is 19.3 Å². The number of hydrogen-bond donors (Lipinski definition) is 1. The van der Waals surface area contributed by atoms with Crippen LogP contribution in [0.5, 0.6) is 5.75 Å². The van der Waals surface area contributed by atoms with Crippen molar-refractivity contribution in [2.45, 2.75) is 32.5 Å². The average Bonchev–Trinajstić information content (AvgIpc) is 2.81. The third-order valence-corrected chi connectivity index (χ3v) is 6.09. The van der Waals surface area contributed by atoms with Crippen molar-refractivity contribution in [2.75, 3.05) is 31.6 Å². The Morgan fingerprint density at radius 3 is 2.71 bits per heavy atom. The minimum atomic E-state index is -0.311. The summed E-state index contributed by atoms with van der Waals surface area (Å²) in [5.41, 5.74) is 2.14. The van der Waals surface area contributed by atoms with Gasteiger partial charge >= 0.3 is 0 Å². The fraction of sp³-hybridized carbons (Fsp3) is 0.417. The molecule has 34 heavy (non-hydrogen) atoms. The van der Waals surface area contributed by atoms with E-state index >= 15 is 0 Å². The second-order valence-corrected chi connectivity index (χ2v) is 8.94. The highest BCUT2D eigenvalue weighted by Crippen LogP contribution is 2.24. The predicted octanol–water partition coefficient (Wildman–Crippen LogP) is 2.31. The molecule has 0 radical (unpaired) electrons. The molecular weight excluding hydrogens is 458 g/mol. The first kappa shape index (κ1) is 24.0. The van der Waals surface area contributed by atoms with Gasteiger partial charge in [-0.3, -0.25) is 9.59 Å². The summed E-state index contributed by atoms with van der Waals surface area (Å²) in [5, 5.41) is 3.78. The van der Waals surface area contributed by atoms with Crippen molar-refractivity contribution in [1.29, 1.82) is 0 Å². The van der Waals surface area contributed by atoms with E-state index in [1.807, 2.05) is 32.0 Å². The number of benzene rings is 1. The topological polar surface area (TPSA) is 98.6 Å². The summed E-state index contributed by atoms with van der Waals surface area (Å²) in [4.78, 5) is 35.4. The highest BCUT2D eigenvalue weighted by atomic mass is 35.5. The van der Waals surface area contributed by atoms with Gasteiger partial charge in [-0.2, -0.15) is 0 Å².